The molecule has 16 saturated carbocycles. The molecule has 0 radical (unpaired) electrons. The molecule has 20 aliphatic rings. The molecule has 4 saturated heterocycles. The lowest BCUT2D eigenvalue weighted by atomic mass is 9.48. The maximum atomic E-state index is 12.8. The van der Waals surface area contributed by atoms with E-state index in [1.165, 1.54) is 91.1 Å². The van der Waals surface area contributed by atoms with Gasteiger partial charge in [0.05, 0.1) is 82.9 Å². The van der Waals surface area contributed by atoms with E-state index in [-0.39, 0.29) is 70.8 Å². The minimum Gasteiger partial charge on any atom is -0.461 e. The van der Waals surface area contributed by atoms with E-state index in [2.05, 4.69) is 151 Å². The predicted molar refractivity (Wildman–Crippen MR) is 504 cm³/mol. The van der Waals surface area contributed by atoms with Gasteiger partial charge in [0.15, 0.2) is 19.6 Å². The third-order valence-electron chi connectivity index (χ3n) is 30.4. The number of benzene rings is 4. The quantitative estimate of drug-likeness (QED) is 0.0412. The van der Waals surface area contributed by atoms with Gasteiger partial charge < -0.3 is 48.5 Å². The molecule has 8 unspecified atom stereocenters. The molecule has 27 heteroatoms. The Balaban J connectivity index is 0.000000129. The van der Waals surface area contributed by atoms with Crippen LogP contribution in [0.25, 0.3) is 0 Å². The Hall–Kier alpha value is -4.97. The lowest BCUT2D eigenvalue weighted by Crippen LogP contribution is -2.57. The van der Waals surface area contributed by atoms with E-state index in [0.717, 1.165) is 155 Å². The Kier molecular flexibility index (Phi) is 34.0. The molecule has 4 aromatic rings. The molecule has 0 aromatic heterocycles. The monoisotopic (exact) mass is 1930 g/mol. The first-order chi connectivity index (χ1) is 62.0. The van der Waals surface area contributed by atoms with Gasteiger partial charge >= 0.3 is 47.6 Å². The summed E-state index contributed by atoms with van der Waals surface area (Å²) in [6.07, 6.45) is 24.0. The summed E-state index contributed by atoms with van der Waals surface area (Å²) in [4.78, 5) is 62.9. The molecular formula is C105H148F8O15S4+4. The second-order valence-electron chi connectivity index (χ2n) is 44.8. The lowest BCUT2D eigenvalue weighted by molar-refractivity contribution is -0.197. The summed E-state index contributed by atoms with van der Waals surface area (Å²) in [7, 11) is 1.92. The minimum atomic E-state index is -3.43. The third-order valence-corrected chi connectivity index (χ3v) is 39.7. The number of carbonyl (C=O) groups excluding carboxylic acids is 5. The SMILES string of the molecule is CC(C)(C)c1ccc([S+]2CCOCC2)cc1.CC(C)(C)c1ccc([S+]2CCOCC2)cc1.CC(F)(F)C(=O)OCC12CC3CC(C1)C(=O)C(C3)C2.CC(F)(F)C(=O)OCC12CC3CC(CC(O)(C3)C1)C2.CC(F)(F)C(=O)OCC12CC3CC(CC(O)(C3)C1)C2.CC(F)(F)C(=O)OCC12CC3CC(CC(O)(C3)C1)C2.c1ccc([S+]2CCCCC2)cc1.c1ccc([S+]2CCOCC2)cc1. The van der Waals surface area contributed by atoms with Crippen molar-refractivity contribution in [3.63, 3.8) is 0 Å². The first kappa shape index (κ1) is 104. The van der Waals surface area contributed by atoms with Crippen LogP contribution in [0.4, 0.5) is 35.1 Å². The molecule has 0 amide bonds. The van der Waals surface area contributed by atoms with Gasteiger partial charge in [0.2, 0.25) is 0 Å². The summed E-state index contributed by atoms with van der Waals surface area (Å²) < 4.78 is 138. The second-order valence-corrected chi connectivity index (χ2v) is 53.9. The van der Waals surface area contributed by atoms with Crippen molar-refractivity contribution in [2.75, 3.05) is 112 Å². The zero-order valence-corrected chi connectivity index (χ0v) is 82.9. The number of aliphatic hydroxyl groups is 3. The number of esters is 4. The van der Waals surface area contributed by atoms with Crippen LogP contribution in [0, 0.1) is 74.9 Å². The first-order valence-corrected chi connectivity index (χ1v) is 54.9. The van der Waals surface area contributed by atoms with Gasteiger partial charge in [-0.25, -0.2) is 19.2 Å². The van der Waals surface area contributed by atoms with Gasteiger partial charge in [-0.2, -0.15) is 35.1 Å². The number of ether oxygens (including phenoxy) is 7. The Bertz CT molecular complexity index is 4060. The molecule has 132 heavy (non-hydrogen) atoms. The van der Waals surface area contributed by atoms with E-state index < -0.39 is 64.4 Å². The van der Waals surface area contributed by atoms with Crippen molar-refractivity contribution in [1.82, 2.24) is 0 Å². The van der Waals surface area contributed by atoms with Gasteiger partial charge in [-0.15, -0.1) is 0 Å². The average molecular weight is 1930 g/mol. The molecule has 734 valence electrons. The highest BCUT2D eigenvalue weighted by Gasteiger charge is 2.62. The summed E-state index contributed by atoms with van der Waals surface area (Å²) in [6, 6.07) is 40.2. The summed E-state index contributed by atoms with van der Waals surface area (Å²) in [5, 5.41) is 31.5. The van der Waals surface area contributed by atoms with Crippen LogP contribution in [0.2, 0.25) is 0 Å². The Labute approximate surface area is 790 Å². The van der Waals surface area contributed by atoms with Crippen LogP contribution in [-0.4, -0.2) is 198 Å². The predicted octanol–water partition coefficient (Wildman–Crippen LogP) is 20.7. The molecular weight excluding hydrogens is 1780 g/mol. The summed E-state index contributed by atoms with van der Waals surface area (Å²) in [6.45, 7) is 21.6. The van der Waals surface area contributed by atoms with Crippen LogP contribution in [0.15, 0.2) is 129 Å². The standard InChI is InChI=1S/3C14H20F2O3.C14H18F2O3.2C14H21OS.C11H15S.C10H13OS/c3*1-12(15,16)11(17)19-8-13-3-9-2-10(4-13)6-14(18,5-9)7-13;1-13(15,16)12(18)19-7-14-4-8-2-9(5-14)11(17)10(3-8)6-14;2*1-14(2,3)12-4-6-13(7-5-12)16-10-8-15-9-11-16;1-3-7-11(8-4-1)12-9-5-2-6-10-12;1-2-4-10(5-3-1)12-8-6-11-7-9-12/h3*9-10,18H,2-8H2,1H3;8-10H,2-7H2,1H3;2*4-7H,8-11H2,1-3H3;1,3-4,7-8H,2,5-6,9-10H2;1-5H,6-9H2/q;;;;4*+1. The molecule has 16 aliphatic carbocycles. The van der Waals surface area contributed by atoms with Crippen LogP contribution in [0.1, 0.15) is 247 Å². The summed E-state index contributed by atoms with van der Waals surface area (Å²) >= 11 is 0. The maximum Gasteiger partial charge on any atom is 0.376 e. The van der Waals surface area contributed by atoms with E-state index in [1.807, 2.05) is 0 Å². The van der Waals surface area contributed by atoms with Crippen molar-refractivity contribution >= 4 is 73.2 Å². The van der Waals surface area contributed by atoms with Crippen LogP contribution in [0.3, 0.4) is 0 Å². The van der Waals surface area contributed by atoms with Crippen molar-refractivity contribution < 1.29 is 108 Å². The highest BCUT2D eigenvalue weighted by molar-refractivity contribution is 7.97. The smallest absolute Gasteiger partial charge is 0.376 e. The average Bonchev–Trinajstić information content (AvgIpc) is 0.731. The van der Waals surface area contributed by atoms with Gasteiger partial charge in [0, 0.05) is 105 Å². The van der Waals surface area contributed by atoms with Gasteiger partial charge in [-0.3, -0.25) is 4.79 Å². The van der Waals surface area contributed by atoms with Crippen molar-refractivity contribution in [3.8, 4) is 0 Å². The number of hydrogen-bond acceptors (Lipinski definition) is 15. The fourth-order valence-electron chi connectivity index (χ4n) is 26.0. The van der Waals surface area contributed by atoms with Crippen LogP contribution >= 0.6 is 0 Å². The second kappa shape index (κ2) is 43.0. The van der Waals surface area contributed by atoms with Crippen molar-refractivity contribution in [2.24, 2.45) is 74.9 Å². The number of alkyl halides is 8. The number of halogens is 8. The molecule has 3 N–H and O–H groups in total. The lowest BCUT2D eigenvalue weighted by Gasteiger charge is -2.59. The number of carbonyl (C=O) groups is 5. The fraction of sp³-hybridized carbons (Fsp3) is 0.724. The summed E-state index contributed by atoms with van der Waals surface area (Å²) in [5.74, 6) is -5.62. The van der Waals surface area contributed by atoms with E-state index in [9.17, 15) is 74.4 Å². The fourth-order valence-corrected chi connectivity index (χ4v) is 33.9. The van der Waals surface area contributed by atoms with E-state index in [1.54, 1.807) is 4.90 Å². The summed E-state index contributed by atoms with van der Waals surface area (Å²) in [5.41, 5.74) is 0.419. The Morgan fingerprint density at radius 3 is 0.811 bits per heavy atom. The Morgan fingerprint density at radius 1 is 0.318 bits per heavy atom. The van der Waals surface area contributed by atoms with E-state index in [4.69, 9.17) is 33.2 Å². The molecule has 8 atom stereocenters. The normalized spacial score (nSPS) is 33.1. The zero-order chi connectivity index (χ0) is 95.1. The first-order valence-electron chi connectivity index (χ1n) is 48.6. The van der Waals surface area contributed by atoms with Crippen LogP contribution in [0.5, 0.6) is 0 Å². The van der Waals surface area contributed by atoms with E-state index >= 15 is 0 Å². The zero-order valence-electron chi connectivity index (χ0n) is 79.6. The number of ketones is 1. The molecule has 16 bridgehead atoms. The van der Waals surface area contributed by atoms with Gasteiger partial charge in [-0.1, -0.05) is 102 Å². The number of Topliss-reactive ketones (excluding diaryl/α,β-unsaturated/α-hetero) is 1. The number of rotatable bonds is 16. The Morgan fingerprint density at radius 2 is 0.561 bits per heavy atom. The van der Waals surface area contributed by atoms with Gasteiger partial charge in [0.25, 0.3) is 0 Å². The van der Waals surface area contributed by atoms with Crippen LogP contribution in [-0.2, 0) is 112 Å². The molecule has 20 fully saturated rings. The number of hydrogen-bond donors (Lipinski definition) is 3. The van der Waals surface area contributed by atoms with Crippen molar-refractivity contribution in [3.05, 3.63) is 120 Å². The topological polar surface area (TPSA) is 211 Å². The van der Waals surface area contributed by atoms with Crippen molar-refractivity contribution in [2.45, 2.75) is 307 Å². The maximum absolute atomic E-state index is 12.8. The molecule has 0 spiro atoms. The molecule has 4 aliphatic heterocycles. The molecule has 4 heterocycles. The third kappa shape index (κ3) is 28.4. The highest BCUT2D eigenvalue weighted by atomic mass is 32.2. The minimum absolute atomic E-state index is 0.0323. The highest BCUT2D eigenvalue weighted by Crippen LogP contribution is 2.65. The largest absolute Gasteiger partial charge is 0.461 e. The molecule has 15 nitrogen and oxygen atoms in total. The van der Waals surface area contributed by atoms with Crippen LogP contribution < -0.4 is 0 Å². The van der Waals surface area contributed by atoms with Crippen molar-refractivity contribution in [1.29, 1.82) is 0 Å². The van der Waals surface area contributed by atoms with E-state index in [0.29, 0.717) is 151 Å². The van der Waals surface area contributed by atoms with Gasteiger partial charge in [-0.05, 0) is 279 Å². The molecule has 24 rings (SSSR count). The van der Waals surface area contributed by atoms with Gasteiger partial charge in [0.1, 0.15) is 51.8 Å². The molecule has 4 aromatic carbocycles.